The van der Waals surface area contributed by atoms with E-state index in [1.807, 2.05) is 48.5 Å². The van der Waals surface area contributed by atoms with Gasteiger partial charge in [-0.2, -0.15) is 0 Å². The van der Waals surface area contributed by atoms with Crippen molar-refractivity contribution in [2.75, 3.05) is 0 Å². The summed E-state index contributed by atoms with van der Waals surface area (Å²) in [4.78, 5) is 9.35. The average molecular weight is 356 g/mol. The fourth-order valence-electron chi connectivity index (χ4n) is 2.70. The first-order valence-corrected chi connectivity index (χ1v) is 9.06. The van der Waals surface area contributed by atoms with E-state index in [-0.39, 0.29) is 5.84 Å². The molecule has 5 heteroatoms. The molecule has 0 radical (unpaired) electrons. The Morgan fingerprint density at radius 3 is 2.23 bits per heavy atom. The molecule has 0 saturated heterocycles. The third-order valence-electron chi connectivity index (χ3n) is 3.95. The lowest BCUT2D eigenvalue weighted by molar-refractivity contribution is 1.02. The monoisotopic (exact) mass is 356 g/mol. The largest absolute Gasteiger partial charge is 0.285 e. The predicted molar refractivity (Wildman–Crippen MR) is 106 cm³/mol. The average Bonchev–Trinajstić information content (AvgIpc) is 3.13. The smallest absolute Gasteiger partial charge is 0.196 e. The summed E-state index contributed by atoms with van der Waals surface area (Å²) < 4.78 is 2.09. The molecule has 0 atom stereocenters. The second-order valence-corrected chi connectivity index (χ2v) is 6.47. The van der Waals surface area contributed by atoms with Crippen LogP contribution >= 0.6 is 11.3 Å². The number of amidine groups is 1. The third-order valence-corrected chi connectivity index (χ3v) is 4.78. The lowest BCUT2D eigenvalue weighted by Gasteiger charge is -2.09. The summed E-state index contributed by atoms with van der Waals surface area (Å²) in [7, 11) is 0. The first-order chi connectivity index (χ1) is 12.8. The van der Waals surface area contributed by atoms with Crippen LogP contribution in [0.4, 0.5) is 0 Å². The number of para-hydroxylation sites is 1. The van der Waals surface area contributed by atoms with Crippen molar-refractivity contribution in [3.05, 3.63) is 101 Å². The summed E-state index contributed by atoms with van der Waals surface area (Å²) in [6.45, 7) is 0. The molecule has 0 bridgehead atoms. The van der Waals surface area contributed by atoms with Crippen molar-refractivity contribution in [2.45, 2.75) is 0 Å². The number of hydrogen-bond donors (Lipinski definition) is 1. The van der Waals surface area contributed by atoms with Gasteiger partial charge in [-0.3, -0.25) is 15.0 Å². The zero-order valence-corrected chi connectivity index (χ0v) is 14.7. The van der Waals surface area contributed by atoms with Crippen LogP contribution in [0.2, 0.25) is 0 Å². The fraction of sp³-hybridized carbons (Fsp3) is 0. The lowest BCUT2D eigenvalue weighted by Crippen LogP contribution is -2.16. The van der Waals surface area contributed by atoms with Gasteiger partial charge in [-0.25, -0.2) is 4.99 Å². The Bertz CT molecular complexity index is 1080. The summed E-state index contributed by atoms with van der Waals surface area (Å²) >= 11 is 1.53. The standard InChI is InChI=1S/C21H16N4S/c22-20(17-11-13-23-14-12-17)24-21-25(18-9-5-2-6-10-18)19(15-26-21)16-7-3-1-4-8-16/h1-15,22H. The van der Waals surface area contributed by atoms with Gasteiger partial charge in [0.1, 0.15) is 0 Å². The van der Waals surface area contributed by atoms with Crippen LogP contribution in [-0.2, 0) is 0 Å². The molecular formula is C21H16N4S. The van der Waals surface area contributed by atoms with Gasteiger partial charge in [0.15, 0.2) is 10.6 Å². The van der Waals surface area contributed by atoms with Gasteiger partial charge >= 0.3 is 0 Å². The molecule has 0 spiro atoms. The highest BCUT2D eigenvalue weighted by Crippen LogP contribution is 2.23. The highest BCUT2D eigenvalue weighted by molar-refractivity contribution is 7.07. The van der Waals surface area contributed by atoms with E-state index in [1.165, 1.54) is 11.3 Å². The Morgan fingerprint density at radius 1 is 0.885 bits per heavy atom. The van der Waals surface area contributed by atoms with E-state index in [2.05, 4.69) is 32.1 Å². The normalized spacial score (nSPS) is 11.5. The number of thiazole rings is 1. The molecule has 2 aromatic carbocycles. The Kier molecular flexibility index (Phi) is 4.53. The first-order valence-electron chi connectivity index (χ1n) is 8.18. The van der Waals surface area contributed by atoms with Crippen LogP contribution in [0.5, 0.6) is 0 Å². The van der Waals surface area contributed by atoms with Crippen molar-refractivity contribution in [1.29, 1.82) is 5.41 Å². The Hall–Kier alpha value is -3.31. The summed E-state index contributed by atoms with van der Waals surface area (Å²) in [5.74, 6) is 0.221. The summed E-state index contributed by atoms with van der Waals surface area (Å²) in [6.07, 6.45) is 3.35. The molecule has 26 heavy (non-hydrogen) atoms. The van der Waals surface area contributed by atoms with Gasteiger partial charge < -0.3 is 0 Å². The van der Waals surface area contributed by atoms with Crippen molar-refractivity contribution in [3.63, 3.8) is 0 Å². The van der Waals surface area contributed by atoms with E-state index >= 15 is 0 Å². The molecule has 2 heterocycles. The number of nitrogens with one attached hydrogen (secondary N) is 1. The molecule has 126 valence electrons. The van der Waals surface area contributed by atoms with Crippen LogP contribution in [0.15, 0.2) is 95.6 Å². The Labute approximate surface area is 155 Å². The van der Waals surface area contributed by atoms with Gasteiger partial charge in [-0.15, -0.1) is 11.3 Å². The highest BCUT2D eigenvalue weighted by atomic mass is 32.1. The molecule has 0 aliphatic heterocycles. The van der Waals surface area contributed by atoms with E-state index in [9.17, 15) is 0 Å². The molecule has 0 aliphatic carbocycles. The second kappa shape index (κ2) is 7.29. The van der Waals surface area contributed by atoms with Crippen molar-refractivity contribution >= 4 is 17.2 Å². The second-order valence-electron chi connectivity index (χ2n) is 5.64. The van der Waals surface area contributed by atoms with Gasteiger partial charge in [0.2, 0.25) is 0 Å². The zero-order valence-electron chi connectivity index (χ0n) is 13.9. The highest BCUT2D eigenvalue weighted by Gasteiger charge is 2.10. The van der Waals surface area contributed by atoms with Gasteiger partial charge in [0.05, 0.1) is 5.69 Å². The fourth-order valence-corrected chi connectivity index (χ4v) is 3.61. The molecular weight excluding hydrogens is 340 g/mol. The van der Waals surface area contributed by atoms with Crippen molar-refractivity contribution in [3.8, 4) is 16.9 Å². The van der Waals surface area contributed by atoms with Crippen molar-refractivity contribution < 1.29 is 0 Å². The Morgan fingerprint density at radius 2 is 1.54 bits per heavy atom. The molecule has 0 aliphatic rings. The summed E-state index contributed by atoms with van der Waals surface area (Å²) in [5.41, 5.74) is 3.94. The number of pyridine rings is 1. The number of nitrogens with zero attached hydrogens (tertiary/aromatic N) is 3. The van der Waals surface area contributed by atoms with Crippen LogP contribution in [-0.4, -0.2) is 15.4 Å². The quantitative estimate of drug-likeness (QED) is 0.426. The maximum atomic E-state index is 8.34. The minimum Gasteiger partial charge on any atom is -0.285 e. The third kappa shape index (κ3) is 3.25. The van der Waals surface area contributed by atoms with Gasteiger partial charge in [0.25, 0.3) is 0 Å². The first kappa shape index (κ1) is 16.2. The van der Waals surface area contributed by atoms with E-state index in [0.29, 0.717) is 0 Å². The minimum atomic E-state index is 0.221. The zero-order chi connectivity index (χ0) is 17.8. The predicted octanol–water partition coefficient (Wildman–Crippen LogP) is 4.53. The van der Waals surface area contributed by atoms with Crippen LogP contribution in [0.1, 0.15) is 5.56 Å². The lowest BCUT2D eigenvalue weighted by atomic mass is 10.1. The number of aromatic nitrogens is 2. The molecule has 1 N–H and O–H groups in total. The molecule has 0 fully saturated rings. The van der Waals surface area contributed by atoms with Gasteiger partial charge in [-0.1, -0.05) is 48.5 Å². The molecule has 4 rings (SSSR count). The maximum absolute atomic E-state index is 8.34. The van der Waals surface area contributed by atoms with E-state index in [0.717, 1.165) is 27.3 Å². The molecule has 2 aromatic heterocycles. The molecule has 4 nitrogen and oxygen atoms in total. The summed E-state index contributed by atoms with van der Waals surface area (Å²) in [6, 6.07) is 23.9. The molecule has 0 amide bonds. The van der Waals surface area contributed by atoms with Crippen LogP contribution in [0.25, 0.3) is 16.9 Å². The van der Waals surface area contributed by atoms with E-state index < -0.39 is 0 Å². The number of benzene rings is 2. The van der Waals surface area contributed by atoms with Crippen molar-refractivity contribution in [2.24, 2.45) is 4.99 Å². The summed E-state index contributed by atoms with van der Waals surface area (Å²) in [5, 5.41) is 10.4. The molecule has 0 saturated carbocycles. The van der Waals surface area contributed by atoms with E-state index in [1.54, 1.807) is 24.5 Å². The molecule has 0 unspecified atom stereocenters. The SMILES string of the molecule is N=C(N=c1scc(-c2ccccc2)n1-c1ccccc1)c1ccncc1. The van der Waals surface area contributed by atoms with Crippen LogP contribution in [0.3, 0.4) is 0 Å². The Balaban J connectivity index is 1.90. The van der Waals surface area contributed by atoms with Crippen LogP contribution in [0, 0.1) is 5.41 Å². The maximum Gasteiger partial charge on any atom is 0.196 e. The topological polar surface area (TPSA) is 54.0 Å². The minimum absolute atomic E-state index is 0.221. The number of hydrogen-bond acceptors (Lipinski definition) is 3. The van der Waals surface area contributed by atoms with Gasteiger partial charge in [0, 0.05) is 29.0 Å². The van der Waals surface area contributed by atoms with Crippen molar-refractivity contribution in [1.82, 2.24) is 9.55 Å². The molecule has 4 aromatic rings. The van der Waals surface area contributed by atoms with E-state index in [4.69, 9.17) is 5.41 Å². The van der Waals surface area contributed by atoms with Gasteiger partial charge in [-0.05, 0) is 29.8 Å². The van der Waals surface area contributed by atoms with Crippen LogP contribution < -0.4 is 4.80 Å². The number of rotatable bonds is 3.